The maximum Gasteiger partial charge on any atom is 0.306 e. The molecule has 0 aromatic heterocycles. The van der Waals surface area contributed by atoms with E-state index in [2.05, 4.69) is 69.4 Å². The molecular formula is C73H134O6. The van der Waals surface area contributed by atoms with Gasteiger partial charge in [0.05, 0.1) is 0 Å². The van der Waals surface area contributed by atoms with Crippen LogP contribution in [0.2, 0.25) is 0 Å². The molecule has 0 saturated heterocycles. The SMILES string of the molecule is CCCCCCC/C=C\C/C=C\C/C=C\CCCCCCCCC(=O)OC(COC(=O)CCCCCCCCC/C=C\CCCCCCCCC)COC(=O)CCCCCCCCCCCCCCCCCCCCCCCC. The summed E-state index contributed by atoms with van der Waals surface area (Å²) in [6, 6.07) is 0. The van der Waals surface area contributed by atoms with Gasteiger partial charge in [-0.25, -0.2) is 0 Å². The summed E-state index contributed by atoms with van der Waals surface area (Å²) >= 11 is 0. The minimum absolute atomic E-state index is 0.0759. The zero-order chi connectivity index (χ0) is 57.1. The molecule has 1 unspecified atom stereocenters. The fraction of sp³-hybridized carbons (Fsp3) is 0.849. The number of allylic oxidation sites excluding steroid dienone is 8. The van der Waals surface area contributed by atoms with Crippen molar-refractivity contribution in [2.24, 2.45) is 0 Å². The fourth-order valence-corrected chi connectivity index (χ4v) is 10.5. The molecule has 0 spiro atoms. The Balaban J connectivity index is 4.35. The molecule has 79 heavy (non-hydrogen) atoms. The molecule has 6 nitrogen and oxygen atoms in total. The van der Waals surface area contributed by atoms with Crippen molar-refractivity contribution in [1.82, 2.24) is 0 Å². The molecule has 0 bridgehead atoms. The highest BCUT2D eigenvalue weighted by molar-refractivity contribution is 5.71. The molecule has 0 aliphatic carbocycles. The summed E-state index contributed by atoms with van der Waals surface area (Å²) in [4.78, 5) is 38.5. The first kappa shape index (κ1) is 76.4. The predicted octanol–water partition coefficient (Wildman–Crippen LogP) is 24.1. The van der Waals surface area contributed by atoms with Crippen LogP contribution >= 0.6 is 0 Å². The van der Waals surface area contributed by atoms with E-state index in [0.717, 1.165) is 77.0 Å². The second-order valence-electron chi connectivity index (χ2n) is 23.8. The van der Waals surface area contributed by atoms with E-state index in [9.17, 15) is 14.4 Å². The first-order valence-electron chi connectivity index (χ1n) is 35.1. The van der Waals surface area contributed by atoms with E-state index in [-0.39, 0.29) is 31.1 Å². The van der Waals surface area contributed by atoms with Crippen LogP contribution in [0.5, 0.6) is 0 Å². The second-order valence-corrected chi connectivity index (χ2v) is 23.8. The third kappa shape index (κ3) is 66.1. The molecular weight excluding hydrogens is 973 g/mol. The third-order valence-corrected chi connectivity index (χ3v) is 15.8. The van der Waals surface area contributed by atoms with Gasteiger partial charge in [-0.15, -0.1) is 0 Å². The molecule has 0 heterocycles. The maximum atomic E-state index is 13.0. The Kier molecular flexibility index (Phi) is 65.6. The summed E-state index contributed by atoms with van der Waals surface area (Å²) in [7, 11) is 0. The number of hydrogen-bond acceptors (Lipinski definition) is 6. The highest BCUT2D eigenvalue weighted by Crippen LogP contribution is 2.18. The number of unbranched alkanes of at least 4 members (excludes halogenated alkanes) is 46. The number of carbonyl (C=O) groups is 3. The van der Waals surface area contributed by atoms with E-state index in [4.69, 9.17) is 14.2 Å². The minimum atomic E-state index is -0.782. The lowest BCUT2D eigenvalue weighted by molar-refractivity contribution is -0.167. The molecule has 0 rings (SSSR count). The summed E-state index contributed by atoms with van der Waals surface area (Å²) in [5.41, 5.74) is 0. The van der Waals surface area contributed by atoms with Gasteiger partial charge in [-0.3, -0.25) is 14.4 Å². The predicted molar refractivity (Wildman–Crippen MR) is 344 cm³/mol. The lowest BCUT2D eigenvalue weighted by atomic mass is 10.0. The second kappa shape index (κ2) is 67.9. The molecule has 0 amide bonds. The molecule has 0 fully saturated rings. The van der Waals surface area contributed by atoms with Crippen molar-refractivity contribution < 1.29 is 28.6 Å². The van der Waals surface area contributed by atoms with Crippen LogP contribution in [0.15, 0.2) is 48.6 Å². The number of carbonyl (C=O) groups excluding carboxylic acids is 3. The lowest BCUT2D eigenvalue weighted by Gasteiger charge is -2.18. The zero-order valence-corrected chi connectivity index (χ0v) is 53.2. The number of rotatable bonds is 65. The zero-order valence-electron chi connectivity index (χ0n) is 53.2. The molecule has 0 N–H and O–H groups in total. The van der Waals surface area contributed by atoms with Crippen LogP contribution < -0.4 is 0 Å². The van der Waals surface area contributed by atoms with Crippen molar-refractivity contribution >= 4 is 17.9 Å². The summed E-state index contributed by atoms with van der Waals surface area (Å²) < 4.78 is 17.0. The molecule has 1 atom stereocenters. The smallest absolute Gasteiger partial charge is 0.306 e. The van der Waals surface area contributed by atoms with E-state index in [1.807, 2.05) is 0 Å². The Morgan fingerprint density at radius 1 is 0.253 bits per heavy atom. The van der Waals surface area contributed by atoms with Crippen LogP contribution in [-0.4, -0.2) is 37.2 Å². The Hall–Kier alpha value is -2.63. The first-order valence-corrected chi connectivity index (χ1v) is 35.1. The van der Waals surface area contributed by atoms with Gasteiger partial charge in [0.25, 0.3) is 0 Å². The largest absolute Gasteiger partial charge is 0.462 e. The van der Waals surface area contributed by atoms with E-state index >= 15 is 0 Å². The lowest BCUT2D eigenvalue weighted by Crippen LogP contribution is -2.30. The van der Waals surface area contributed by atoms with E-state index in [1.165, 1.54) is 263 Å². The van der Waals surface area contributed by atoms with Crippen molar-refractivity contribution in [3.05, 3.63) is 48.6 Å². The fourth-order valence-electron chi connectivity index (χ4n) is 10.5. The van der Waals surface area contributed by atoms with Gasteiger partial charge < -0.3 is 14.2 Å². The van der Waals surface area contributed by atoms with E-state index in [0.29, 0.717) is 19.3 Å². The Labute approximate surface area is 492 Å². The minimum Gasteiger partial charge on any atom is -0.462 e. The van der Waals surface area contributed by atoms with Crippen molar-refractivity contribution in [2.75, 3.05) is 13.2 Å². The van der Waals surface area contributed by atoms with Crippen molar-refractivity contribution in [2.45, 2.75) is 386 Å². The van der Waals surface area contributed by atoms with Gasteiger partial charge in [0, 0.05) is 19.3 Å². The Bertz CT molecular complexity index is 1360. The van der Waals surface area contributed by atoms with Crippen LogP contribution in [0.25, 0.3) is 0 Å². The van der Waals surface area contributed by atoms with Gasteiger partial charge in [-0.05, 0) is 83.5 Å². The Morgan fingerprint density at radius 3 is 0.722 bits per heavy atom. The van der Waals surface area contributed by atoms with Gasteiger partial charge in [-0.1, -0.05) is 326 Å². The summed E-state index contributed by atoms with van der Waals surface area (Å²) in [5, 5.41) is 0. The van der Waals surface area contributed by atoms with Gasteiger partial charge in [0.2, 0.25) is 0 Å². The monoisotopic (exact) mass is 1110 g/mol. The highest BCUT2D eigenvalue weighted by atomic mass is 16.6. The first-order chi connectivity index (χ1) is 39.0. The molecule has 0 aliphatic rings. The highest BCUT2D eigenvalue weighted by Gasteiger charge is 2.19. The van der Waals surface area contributed by atoms with E-state index in [1.54, 1.807) is 0 Å². The average molecular weight is 1110 g/mol. The maximum absolute atomic E-state index is 13.0. The number of hydrogen-bond donors (Lipinski definition) is 0. The van der Waals surface area contributed by atoms with Crippen molar-refractivity contribution in [3.63, 3.8) is 0 Å². The average Bonchev–Trinajstić information content (AvgIpc) is 3.45. The number of esters is 3. The Morgan fingerprint density at radius 2 is 0.456 bits per heavy atom. The molecule has 6 heteroatoms. The normalized spacial score (nSPS) is 12.3. The van der Waals surface area contributed by atoms with Crippen LogP contribution in [0.4, 0.5) is 0 Å². The third-order valence-electron chi connectivity index (χ3n) is 15.8. The molecule has 0 aromatic rings. The van der Waals surface area contributed by atoms with Crippen LogP contribution in [-0.2, 0) is 28.6 Å². The van der Waals surface area contributed by atoms with Gasteiger partial charge in [-0.2, -0.15) is 0 Å². The summed E-state index contributed by atoms with van der Waals surface area (Å²) in [6.45, 7) is 6.68. The standard InChI is InChI=1S/C73H134O6/c1-4-7-10-13-16-19-22-25-28-31-34-36-38-39-42-45-48-51-54-57-60-63-66-72(75)78-69-70(68-77-71(74)65-62-59-56-53-50-47-44-41-33-30-27-24-21-18-15-12-9-6-3)79-73(76)67-64-61-58-55-52-49-46-43-40-37-35-32-29-26-23-20-17-14-11-8-5-2/h23,26,30,32-33,35,40,43,70H,4-22,24-25,27-29,31,34,36-39,41-42,44-69H2,1-3H3/b26-23-,33-30-,35-32-,43-40-. The summed E-state index contributed by atoms with van der Waals surface area (Å²) in [6.07, 6.45) is 85.6. The summed E-state index contributed by atoms with van der Waals surface area (Å²) in [5.74, 6) is -0.867. The van der Waals surface area contributed by atoms with Gasteiger partial charge in [0.1, 0.15) is 13.2 Å². The van der Waals surface area contributed by atoms with Crippen LogP contribution in [0.3, 0.4) is 0 Å². The van der Waals surface area contributed by atoms with Crippen molar-refractivity contribution in [1.29, 1.82) is 0 Å². The molecule has 0 radical (unpaired) electrons. The van der Waals surface area contributed by atoms with E-state index < -0.39 is 6.10 Å². The topological polar surface area (TPSA) is 78.9 Å². The van der Waals surface area contributed by atoms with Gasteiger partial charge in [0.15, 0.2) is 6.10 Å². The molecule has 0 saturated carbocycles. The molecule has 0 aliphatic heterocycles. The van der Waals surface area contributed by atoms with Crippen molar-refractivity contribution in [3.8, 4) is 0 Å². The molecule has 462 valence electrons. The van der Waals surface area contributed by atoms with Crippen LogP contribution in [0, 0.1) is 0 Å². The molecule has 0 aromatic carbocycles. The van der Waals surface area contributed by atoms with Gasteiger partial charge >= 0.3 is 17.9 Å². The quantitative estimate of drug-likeness (QED) is 0.0261. The number of ether oxygens (including phenoxy) is 3. The van der Waals surface area contributed by atoms with Crippen LogP contribution in [0.1, 0.15) is 380 Å².